The number of fused-ring (bicyclic) bond motifs is 3. The van der Waals surface area contributed by atoms with Gasteiger partial charge in [-0.1, -0.05) is 24.6 Å². The maximum atomic E-state index is 13.1. The van der Waals surface area contributed by atoms with Crippen molar-refractivity contribution in [2.24, 2.45) is 18.7 Å². The Morgan fingerprint density at radius 1 is 1.31 bits per heavy atom. The third kappa shape index (κ3) is 2.93. The predicted octanol–water partition coefficient (Wildman–Crippen LogP) is 1.13. The number of hydrogen-bond donors (Lipinski definition) is 1. The molecule has 1 aliphatic rings. The van der Waals surface area contributed by atoms with Gasteiger partial charge in [-0.05, 0) is 30.5 Å². The van der Waals surface area contributed by atoms with E-state index < -0.39 is 23.7 Å². The number of rotatable bonds is 3. The van der Waals surface area contributed by atoms with Crippen molar-refractivity contribution in [2.75, 3.05) is 11.4 Å². The van der Waals surface area contributed by atoms with Gasteiger partial charge in [-0.25, -0.2) is 9.36 Å². The third-order valence-corrected chi connectivity index (χ3v) is 5.70. The summed E-state index contributed by atoms with van der Waals surface area (Å²) in [6.45, 7) is 4.78. The second kappa shape index (κ2) is 6.77. The highest BCUT2D eigenvalue weighted by Gasteiger charge is 2.30. The number of aryl methyl sites for hydroxylation is 1. The second-order valence-electron chi connectivity index (χ2n) is 7.49. The Balaban J connectivity index is 2.04. The Morgan fingerprint density at radius 2 is 2.03 bits per heavy atom. The summed E-state index contributed by atoms with van der Waals surface area (Å²) < 4.78 is 3.94. The molecule has 0 saturated carbocycles. The van der Waals surface area contributed by atoms with Crippen LogP contribution in [0.4, 0.5) is 11.6 Å². The molecule has 3 heterocycles. The summed E-state index contributed by atoms with van der Waals surface area (Å²) >= 11 is 6.32. The number of anilines is 2. The SMILES string of the molecule is Cc1c(Cl)cccc1N1C[C@@H](C)Cn2c1nc1c2c(=O)n(CC(N)=O)c(=O)n1C. The molecule has 0 saturated heterocycles. The fourth-order valence-electron chi connectivity index (χ4n) is 3.89. The van der Waals surface area contributed by atoms with Crippen molar-refractivity contribution in [3.63, 3.8) is 0 Å². The largest absolute Gasteiger partial charge is 0.368 e. The molecule has 1 aromatic carbocycles. The normalized spacial score (nSPS) is 16.3. The summed E-state index contributed by atoms with van der Waals surface area (Å²) in [4.78, 5) is 43.7. The Labute approximate surface area is 170 Å². The van der Waals surface area contributed by atoms with Gasteiger partial charge in [0.05, 0.1) is 0 Å². The highest BCUT2D eigenvalue weighted by Crippen LogP contribution is 2.36. The number of primary amides is 1. The lowest BCUT2D eigenvalue weighted by molar-refractivity contribution is -0.118. The smallest absolute Gasteiger partial charge is 0.332 e. The second-order valence-corrected chi connectivity index (χ2v) is 7.90. The summed E-state index contributed by atoms with van der Waals surface area (Å²) in [6.07, 6.45) is 0. The predicted molar refractivity (Wildman–Crippen MR) is 111 cm³/mol. The Morgan fingerprint density at radius 3 is 2.72 bits per heavy atom. The Kier molecular flexibility index (Phi) is 4.49. The number of aromatic nitrogens is 4. The quantitative estimate of drug-likeness (QED) is 0.688. The standard InChI is InChI=1S/C19H21ClN6O3/c1-10-7-24(13-6-4-5-12(20)11(13)2)18-22-16-15(25(18)8-10)17(28)26(9-14(21)27)19(29)23(16)3/h4-6,10H,7-9H2,1-3H3,(H2,21,27)/t10-/m1/s1. The highest BCUT2D eigenvalue weighted by molar-refractivity contribution is 6.31. The lowest BCUT2D eigenvalue weighted by Crippen LogP contribution is -2.43. The number of amides is 1. The van der Waals surface area contributed by atoms with E-state index in [4.69, 9.17) is 17.3 Å². The van der Waals surface area contributed by atoms with Crippen LogP contribution in [0, 0.1) is 12.8 Å². The van der Waals surface area contributed by atoms with E-state index in [9.17, 15) is 14.4 Å². The Bertz CT molecular complexity index is 1270. The number of imidazole rings is 1. The van der Waals surface area contributed by atoms with E-state index in [1.165, 1.54) is 11.6 Å². The van der Waals surface area contributed by atoms with Crippen LogP contribution in [-0.4, -0.2) is 31.1 Å². The molecule has 2 aromatic heterocycles. The van der Waals surface area contributed by atoms with Crippen LogP contribution in [0.15, 0.2) is 27.8 Å². The van der Waals surface area contributed by atoms with Crippen LogP contribution in [0.1, 0.15) is 12.5 Å². The lowest BCUT2D eigenvalue weighted by atomic mass is 10.1. The maximum absolute atomic E-state index is 13.1. The number of halogens is 1. The molecule has 1 aliphatic heterocycles. The van der Waals surface area contributed by atoms with Gasteiger partial charge in [0.2, 0.25) is 11.9 Å². The Hall–Kier alpha value is -3.07. The van der Waals surface area contributed by atoms with Gasteiger partial charge in [0.25, 0.3) is 5.56 Å². The summed E-state index contributed by atoms with van der Waals surface area (Å²) in [5, 5.41) is 0.639. The molecule has 0 aliphatic carbocycles. The first-order valence-corrected chi connectivity index (χ1v) is 9.59. The highest BCUT2D eigenvalue weighted by atomic mass is 35.5. The summed E-state index contributed by atoms with van der Waals surface area (Å²) in [6, 6.07) is 5.64. The van der Waals surface area contributed by atoms with Crippen molar-refractivity contribution in [1.29, 1.82) is 0 Å². The number of carbonyl (C=O) groups is 1. The first-order chi connectivity index (χ1) is 13.7. The van der Waals surface area contributed by atoms with E-state index in [0.717, 1.165) is 15.8 Å². The van der Waals surface area contributed by atoms with Crippen LogP contribution in [0.3, 0.4) is 0 Å². The molecule has 1 amide bonds. The van der Waals surface area contributed by atoms with Crippen molar-refractivity contribution >= 4 is 40.3 Å². The van der Waals surface area contributed by atoms with Crippen LogP contribution in [0.5, 0.6) is 0 Å². The van der Waals surface area contributed by atoms with E-state index in [1.807, 2.05) is 34.6 Å². The fourth-order valence-corrected chi connectivity index (χ4v) is 4.06. The molecule has 1 atom stereocenters. The van der Waals surface area contributed by atoms with E-state index in [1.54, 1.807) is 0 Å². The molecule has 29 heavy (non-hydrogen) atoms. The third-order valence-electron chi connectivity index (χ3n) is 5.29. The fraction of sp³-hybridized carbons (Fsp3) is 0.368. The molecule has 0 unspecified atom stereocenters. The molecular formula is C19H21ClN6O3. The molecule has 10 heteroatoms. The number of hydrogen-bond acceptors (Lipinski definition) is 5. The van der Waals surface area contributed by atoms with Crippen LogP contribution < -0.4 is 21.9 Å². The van der Waals surface area contributed by atoms with Gasteiger partial charge in [-0.2, -0.15) is 4.98 Å². The molecule has 0 fully saturated rings. The minimum atomic E-state index is -0.758. The molecule has 2 N–H and O–H groups in total. The van der Waals surface area contributed by atoms with Gasteiger partial charge >= 0.3 is 5.69 Å². The van der Waals surface area contributed by atoms with Gasteiger partial charge in [-0.3, -0.25) is 14.2 Å². The minimum absolute atomic E-state index is 0.208. The van der Waals surface area contributed by atoms with E-state index >= 15 is 0 Å². The number of nitrogens with zero attached hydrogens (tertiary/aromatic N) is 5. The number of benzene rings is 1. The minimum Gasteiger partial charge on any atom is -0.368 e. The van der Waals surface area contributed by atoms with E-state index in [2.05, 4.69) is 11.9 Å². The van der Waals surface area contributed by atoms with Crippen LogP contribution in [0.2, 0.25) is 5.02 Å². The molecule has 3 aromatic rings. The summed E-state index contributed by atoms with van der Waals surface area (Å²) in [7, 11) is 1.53. The van der Waals surface area contributed by atoms with Crippen molar-refractivity contribution < 1.29 is 4.79 Å². The molecule has 152 valence electrons. The van der Waals surface area contributed by atoms with E-state index in [-0.39, 0.29) is 17.1 Å². The van der Waals surface area contributed by atoms with Gasteiger partial charge in [-0.15, -0.1) is 0 Å². The molecular weight excluding hydrogens is 396 g/mol. The number of carbonyl (C=O) groups excluding carboxylic acids is 1. The zero-order chi connectivity index (χ0) is 21.0. The van der Waals surface area contributed by atoms with Gasteiger partial charge in [0.1, 0.15) is 6.54 Å². The molecule has 0 radical (unpaired) electrons. The monoisotopic (exact) mass is 416 g/mol. The van der Waals surface area contributed by atoms with Crippen LogP contribution in [0.25, 0.3) is 11.2 Å². The van der Waals surface area contributed by atoms with E-state index in [0.29, 0.717) is 24.1 Å². The van der Waals surface area contributed by atoms with Gasteiger partial charge < -0.3 is 15.2 Å². The van der Waals surface area contributed by atoms with Crippen molar-refractivity contribution in [1.82, 2.24) is 18.7 Å². The maximum Gasteiger partial charge on any atom is 0.332 e. The van der Waals surface area contributed by atoms with Crippen LogP contribution in [-0.2, 0) is 24.9 Å². The molecule has 0 spiro atoms. The van der Waals surface area contributed by atoms with Crippen molar-refractivity contribution in [2.45, 2.75) is 26.9 Å². The summed E-state index contributed by atoms with van der Waals surface area (Å²) in [5.74, 6) is 0.0124. The zero-order valence-electron chi connectivity index (χ0n) is 16.3. The average molecular weight is 417 g/mol. The molecule has 0 bridgehead atoms. The number of nitrogens with two attached hydrogens (primary N) is 1. The van der Waals surface area contributed by atoms with Gasteiger partial charge in [0, 0.05) is 30.8 Å². The lowest BCUT2D eigenvalue weighted by Gasteiger charge is -2.34. The zero-order valence-corrected chi connectivity index (χ0v) is 17.1. The first-order valence-electron chi connectivity index (χ1n) is 9.21. The van der Waals surface area contributed by atoms with Crippen LogP contribution >= 0.6 is 11.6 Å². The van der Waals surface area contributed by atoms with Gasteiger partial charge in [0.15, 0.2) is 11.2 Å². The molecule has 4 rings (SSSR count). The average Bonchev–Trinajstić information content (AvgIpc) is 3.04. The first kappa shape index (κ1) is 19.3. The molecule has 9 nitrogen and oxygen atoms in total. The summed E-state index contributed by atoms with van der Waals surface area (Å²) in [5.41, 5.74) is 6.38. The van der Waals surface area contributed by atoms with Crippen molar-refractivity contribution in [3.8, 4) is 0 Å². The topological polar surface area (TPSA) is 108 Å². The van der Waals surface area contributed by atoms with Crippen molar-refractivity contribution in [3.05, 3.63) is 49.6 Å².